The normalized spacial score (nSPS) is 14.0. The van der Waals surface area contributed by atoms with Gasteiger partial charge in [0.15, 0.2) is 0 Å². The highest BCUT2D eigenvalue weighted by Crippen LogP contribution is 2.06. The van der Waals surface area contributed by atoms with E-state index in [4.69, 9.17) is 4.74 Å². The van der Waals surface area contributed by atoms with Crippen molar-refractivity contribution in [3.8, 4) is 0 Å². The van der Waals surface area contributed by atoms with Gasteiger partial charge in [-0.05, 0) is 26.2 Å². The highest BCUT2D eigenvalue weighted by atomic mass is 16.5. The molecular formula is C11H20O2. The molecule has 0 aliphatic rings. The first kappa shape index (κ1) is 12.2. The van der Waals surface area contributed by atoms with E-state index >= 15 is 0 Å². The van der Waals surface area contributed by atoms with Crippen LogP contribution in [0.1, 0.15) is 40.5 Å². The summed E-state index contributed by atoms with van der Waals surface area (Å²) in [5.74, 6) is 0.449. The molecule has 2 heteroatoms. The van der Waals surface area contributed by atoms with Crippen molar-refractivity contribution in [2.75, 3.05) is 6.61 Å². The molecule has 0 aromatic carbocycles. The quantitative estimate of drug-likeness (QED) is 0.485. The Morgan fingerprint density at radius 1 is 1.54 bits per heavy atom. The molecule has 2 nitrogen and oxygen atoms in total. The minimum absolute atomic E-state index is 0.189. The number of ether oxygens (including phenoxy) is 1. The third kappa shape index (κ3) is 5.45. The van der Waals surface area contributed by atoms with E-state index in [0.29, 0.717) is 18.1 Å². The van der Waals surface area contributed by atoms with Crippen LogP contribution in [0.4, 0.5) is 0 Å². The number of hydrogen-bond acceptors (Lipinski definition) is 2. The number of rotatable bonds is 5. The second-order valence-electron chi connectivity index (χ2n) is 3.41. The molecule has 0 fully saturated rings. The van der Waals surface area contributed by atoms with E-state index in [1.807, 2.05) is 6.92 Å². The van der Waals surface area contributed by atoms with Crippen LogP contribution in [0.2, 0.25) is 0 Å². The van der Waals surface area contributed by atoms with Gasteiger partial charge in [-0.3, -0.25) is 0 Å². The predicted octanol–water partition coefficient (Wildman–Crippen LogP) is 2.93. The second kappa shape index (κ2) is 6.70. The van der Waals surface area contributed by atoms with Crippen LogP contribution in [0, 0.1) is 5.92 Å². The third-order valence-corrected chi connectivity index (χ3v) is 2.30. The Hall–Kier alpha value is -0.790. The van der Waals surface area contributed by atoms with Crippen molar-refractivity contribution in [2.45, 2.75) is 40.5 Å². The zero-order chi connectivity index (χ0) is 10.3. The van der Waals surface area contributed by atoms with Gasteiger partial charge in [-0.25, -0.2) is 4.79 Å². The van der Waals surface area contributed by atoms with E-state index in [1.54, 1.807) is 13.0 Å². The van der Waals surface area contributed by atoms with Gasteiger partial charge in [-0.15, -0.1) is 0 Å². The number of allylic oxidation sites excluding steroid dienone is 1. The van der Waals surface area contributed by atoms with Crippen molar-refractivity contribution in [3.63, 3.8) is 0 Å². The third-order valence-electron chi connectivity index (χ3n) is 2.30. The number of carbonyl (C=O) groups excluding carboxylic acids is 1. The maximum atomic E-state index is 11.2. The Morgan fingerprint density at radius 3 is 2.62 bits per heavy atom. The van der Waals surface area contributed by atoms with E-state index < -0.39 is 0 Å². The fourth-order valence-corrected chi connectivity index (χ4v) is 0.789. The van der Waals surface area contributed by atoms with Crippen LogP contribution in [0.25, 0.3) is 0 Å². The van der Waals surface area contributed by atoms with Crippen LogP contribution in [0.15, 0.2) is 11.6 Å². The molecule has 0 amide bonds. The minimum atomic E-state index is -0.189. The lowest BCUT2D eigenvalue weighted by Crippen LogP contribution is -2.09. The van der Waals surface area contributed by atoms with Crippen LogP contribution < -0.4 is 0 Å². The first-order chi connectivity index (χ1) is 6.11. The maximum Gasteiger partial charge on any atom is 0.333 e. The SMILES string of the molecule is C/C=C(\C)C(=O)OCCC(C)CC. The van der Waals surface area contributed by atoms with Crippen LogP contribution in [-0.2, 0) is 9.53 Å². The summed E-state index contributed by atoms with van der Waals surface area (Å²) in [6, 6.07) is 0. The van der Waals surface area contributed by atoms with Crippen LogP contribution in [-0.4, -0.2) is 12.6 Å². The Bertz CT molecular complexity index is 183. The first-order valence-electron chi connectivity index (χ1n) is 4.91. The van der Waals surface area contributed by atoms with Gasteiger partial charge in [0.25, 0.3) is 0 Å². The molecule has 0 aromatic rings. The molecule has 0 N–H and O–H groups in total. The Balaban J connectivity index is 3.60. The molecule has 0 rings (SSSR count). The molecule has 76 valence electrons. The van der Waals surface area contributed by atoms with Crippen molar-refractivity contribution in [1.82, 2.24) is 0 Å². The van der Waals surface area contributed by atoms with Gasteiger partial charge in [-0.1, -0.05) is 26.3 Å². The number of esters is 1. The van der Waals surface area contributed by atoms with Gasteiger partial charge in [0.1, 0.15) is 0 Å². The molecule has 0 saturated heterocycles. The Morgan fingerprint density at radius 2 is 2.15 bits per heavy atom. The molecule has 0 saturated carbocycles. The van der Waals surface area contributed by atoms with Crippen molar-refractivity contribution >= 4 is 5.97 Å². The van der Waals surface area contributed by atoms with Crippen molar-refractivity contribution in [1.29, 1.82) is 0 Å². The van der Waals surface area contributed by atoms with Gasteiger partial charge in [0, 0.05) is 5.57 Å². The number of carbonyl (C=O) groups is 1. The molecule has 13 heavy (non-hydrogen) atoms. The number of hydrogen-bond donors (Lipinski definition) is 0. The van der Waals surface area contributed by atoms with Crippen LogP contribution >= 0.6 is 0 Å². The van der Waals surface area contributed by atoms with Crippen molar-refractivity contribution < 1.29 is 9.53 Å². The fourth-order valence-electron chi connectivity index (χ4n) is 0.789. The lowest BCUT2D eigenvalue weighted by Gasteiger charge is -2.08. The van der Waals surface area contributed by atoms with Crippen LogP contribution in [0.3, 0.4) is 0 Å². The van der Waals surface area contributed by atoms with E-state index in [1.165, 1.54) is 0 Å². The molecule has 0 spiro atoms. The fraction of sp³-hybridized carbons (Fsp3) is 0.727. The summed E-state index contributed by atoms with van der Waals surface area (Å²) in [6.45, 7) is 8.45. The molecule has 0 heterocycles. The molecule has 1 atom stereocenters. The summed E-state index contributed by atoms with van der Waals surface area (Å²) in [5.41, 5.74) is 0.684. The zero-order valence-corrected chi connectivity index (χ0v) is 9.09. The molecule has 0 aliphatic heterocycles. The van der Waals surface area contributed by atoms with Crippen molar-refractivity contribution in [3.05, 3.63) is 11.6 Å². The zero-order valence-electron chi connectivity index (χ0n) is 9.09. The standard InChI is InChI=1S/C11H20O2/c1-5-9(3)7-8-13-11(12)10(4)6-2/h6,9H,5,7-8H2,1-4H3/b10-6+. The average molecular weight is 184 g/mol. The van der Waals surface area contributed by atoms with Gasteiger partial charge in [0.05, 0.1) is 6.61 Å². The maximum absolute atomic E-state index is 11.2. The van der Waals surface area contributed by atoms with E-state index in [2.05, 4.69) is 13.8 Å². The monoisotopic (exact) mass is 184 g/mol. The molecule has 0 radical (unpaired) electrons. The Labute approximate surface area is 81.0 Å². The van der Waals surface area contributed by atoms with E-state index in [-0.39, 0.29) is 5.97 Å². The summed E-state index contributed by atoms with van der Waals surface area (Å²) < 4.78 is 5.06. The minimum Gasteiger partial charge on any atom is -0.462 e. The van der Waals surface area contributed by atoms with E-state index in [9.17, 15) is 4.79 Å². The molecular weight excluding hydrogens is 164 g/mol. The van der Waals surface area contributed by atoms with Gasteiger partial charge >= 0.3 is 5.97 Å². The Kier molecular flexibility index (Phi) is 6.29. The largest absolute Gasteiger partial charge is 0.462 e. The van der Waals surface area contributed by atoms with E-state index in [0.717, 1.165) is 12.8 Å². The van der Waals surface area contributed by atoms with Crippen molar-refractivity contribution in [2.24, 2.45) is 5.92 Å². The molecule has 0 aromatic heterocycles. The van der Waals surface area contributed by atoms with Crippen LogP contribution in [0.5, 0.6) is 0 Å². The molecule has 0 bridgehead atoms. The second-order valence-corrected chi connectivity index (χ2v) is 3.41. The lowest BCUT2D eigenvalue weighted by atomic mass is 10.1. The summed E-state index contributed by atoms with van der Waals surface area (Å²) in [7, 11) is 0. The average Bonchev–Trinajstić information content (AvgIpc) is 2.15. The summed E-state index contributed by atoms with van der Waals surface area (Å²) in [5, 5.41) is 0. The van der Waals surface area contributed by atoms with Gasteiger partial charge < -0.3 is 4.74 Å². The molecule has 0 aliphatic carbocycles. The topological polar surface area (TPSA) is 26.3 Å². The van der Waals surface area contributed by atoms with Gasteiger partial charge in [-0.2, -0.15) is 0 Å². The highest BCUT2D eigenvalue weighted by Gasteiger charge is 2.05. The predicted molar refractivity (Wildman–Crippen MR) is 54.5 cm³/mol. The summed E-state index contributed by atoms with van der Waals surface area (Å²) in [6.07, 6.45) is 3.87. The summed E-state index contributed by atoms with van der Waals surface area (Å²) >= 11 is 0. The molecule has 1 unspecified atom stereocenters. The smallest absolute Gasteiger partial charge is 0.333 e. The summed E-state index contributed by atoms with van der Waals surface area (Å²) in [4.78, 5) is 11.2. The lowest BCUT2D eigenvalue weighted by molar-refractivity contribution is -0.139. The first-order valence-corrected chi connectivity index (χ1v) is 4.91. The highest BCUT2D eigenvalue weighted by molar-refractivity contribution is 5.87. The van der Waals surface area contributed by atoms with Gasteiger partial charge in [0.2, 0.25) is 0 Å².